The van der Waals surface area contributed by atoms with Gasteiger partial charge in [0.05, 0.1) is 23.3 Å². The quantitative estimate of drug-likeness (QED) is 0.422. The molecule has 1 aliphatic rings. The summed E-state index contributed by atoms with van der Waals surface area (Å²) in [5, 5.41) is 11.7. The van der Waals surface area contributed by atoms with E-state index in [-0.39, 0.29) is 0 Å². The molecular weight excluding hydrogens is 450 g/mol. The number of hydrogen-bond acceptors (Lipinski definition) is 5. The Morgan fingerprint density at radius 3 is 2.29 bits per heavy atom. The van der Waals surface area contributed by atoms with E-state index in [1.54, 1.807) is 13.2 Å². The van der Waals surface area contributed by atoms with Gasteiger partial charge in [-0.1, -0.05) is 72.3 Å². The number of likely N-dealkylation sites (tertiary alicyclic amines) is 1. The molecule has 4 rings (SSSR count). The van der Waals surface area contributed by atoms with Gasteiger partial charge >= 0.3 is 0 Å². The van der Waals surface area contributed by atoms with Crippen molar-refractivity contribution in [3.8, 4) is 5.75 Å². The van der Waals surface area contributed by atoms with Crippen LogP contribution in [0.5, 0.6) is 5.75 Å². The molecular formula is C28H30ClNO4. The van der Waals surface area contributed by atoms with E-state index in [2.05, 4.69) is 4.90 Å². The second kappa shape index (κ2) is 11.2. The smallest absolute Gasteiger partial charge is 0.141 e. The van der Waals surface area contributed by atoms with Crippen LogP contribution in [-0.4, -0.2) is 36.5 Å². The summed E-state index contributed by atoms with van der Waals surface area (Å²) in [5.41, 5.74) is 2.95. The van der Waals surface area contributed by atoms with Crippen LogP contribution in [0.3, 0.4) is 0 Å². The molecule has 178 valence electrons. The van der Waals surface area contributed by atoms with Gasteiger partial charge in [-0.05, 0) is 47.2 Å². The Labute approximate surface area is 205 Å². The van der Waals surface area contributed by atoms with Crippen LogP contribution in [0.15, 0.2) is 72.8 Å². The number of nitrogens with zero attached hydrogens (tertiary/aromatic N) is 1. The fourth-order valence-electron chi connectivity index (χ4n) is 4.47. The van der Waals surface area contributed by atoms with Crippen LogP contribution in [-0.2, 0) is 28.3 Å². The van der Waals surface area contributed by atoms with E-state index in [1.165, 1.54) is 0 Å². The molecule has 5 nitrogen and oxygen atoms in total. The van der Waals surface area contributed by atoms with Crippen molar-refractivity contribution in [1.29, 1.82) is 0 Å². The zero-order chi connectivity index (χ0) is 24.0. The lowest BCUT2D eigenvalue weighted by Crippen LogP contribution is -2.44. The van der Waals surface area contributed by atoms with Gasteiger partial charge in [0, 0.05) is 20.2 Å². The Morgan fingerprint density at radius 2 is 1.68 bits per heavy atom. The van der Waals surface area contributed by atoms with E-state index in [1.807, 2.05) is 66.7 Å². The van der Waals surface area contributed by atoms with E-state index in [0.29, 0.717) is 49.9 Å². The minimum Gasteiger partial charge on any atom is -0.487 e. The molecule has 1 heterocycles. The van der Waals surface area contributed by atoms with Gasteiger partial charge in [-0.3, -0.25) is 4.90 Å². The Bertz CT molecular complexity index is 1080. The van der Waals surface area contributed by atoms with Crippen molar-refractivity contribution in [2.24, 2.45) is 0 Å². The number of carbonyl (C=O) groups excluding carboxylic acids is 1. The van der Waals surface area contributed by atoms with Crippen LogP contribution in [0.25, 0.3) is 0 Å². The summed E-state index contributed by atoms with van der Waals surface area (Å²) in [6.45, 7) is 2.17. The maximum atomic E-state index is 12.1. The molecule has 0 bridgehead atoms. The van der Waals surface area contributed by atoms with Crippen LogP contribution < -0.4 is 4.74 Å². The second-order valence-electron chi connectivity index (χ2n) is 8.74. The van der Waals surface area contributed by atoms with E-state index in [4.69, 9.17) is 21.1 Å². The van der Waals surface area contributed by atoms with Crippen molar-refractivity contribution in [2.75, 3.05) is 20.2 Å². The first-order valence-electron chi connectivity index (χ1n) is 11.5. The third-order valence-corrected chi connectivity index (χ3v) is 6.78. The molecule has 1 N–H and O–H groups in total. The number of rotatable bonds is 9. The minimum absolute atomic E-state index is 0.422. The molecule has 0 aliphatic carbocycles. The first kappa shape index (κ1) is 24.4. The average molecular weight is 480 g/mol. The number of aliphatic hydroxyl groups is 1. The summed E-state index contributed by atoms with van der Waals surface area (Å²) in [6.07, 6.45) is 2.04. The molecule has 0 spiro atoms. The summed E-state index contributed by atoms with van der Waals surface area (Å²) in [7, 11) is 1.67. The van der Waals surface area contributed by atoms with Crippen molar-refractivity contribution in [3.05, 3.63) is 100 Å². The third kappa shape index (κ3) is 5.68. The summed E-state index contributed by atoms with van der Waals surface area (Å²) in [5.74, 6) is 0.587. The zero-order valence-electron chi connectivity index (χ0n) is 19.3. The topological polar surface area (TPSA) is 59.0 Å². The maximum absolute atomic E-state index is 12.1. The predicted molar refractivity (Wildman–Crippen MR) is 133 cm³/mol. The fraction of sp³-hybridized carbons (Fsp3) is 0.321. The van der Waals surface area contributed by atoms with Gasteiger partial charge < -0.3 is 19.4 Å². The number of hydrogen-bond donors (Lipinski definition) is 1. The first-order chi connectivity index (χ1) is 16.5. The van der Waals surface area contributed by atoms with Gasteiger partial charge in [-0.15, -0.1) is 0 Å². The van der Waals surface area contributed by atoms with Crippen LogP contribution in [0.4, 0.5) is 0 Å². The van der Waals surface area contributed by atoms with Gasteiger partial charge in [0.2, 0.25) is 0 Å². The zero-order valence-corrected chi connectivity index (χ0v) is 20.1. The molecule has 1 fully saturated rings. The lowest BCUT2D eigenvalue weighted by Gasteiger charge is -2.40. The first-order valence-corrected chi connectivity index (χ1v) is 11.9. The predicted octanol–water partition coefficient (Wildman–Crippen LogP) is 5.29. The van der Waals surface area contributed by atoms with Crippen molar-refractivity contribution >= 4 is 17.9 Å². The number of halogens is 1. The van der Waals surface area contributed by atoms with Crippen molar-refractivity contribution in [3.63, 3.8) is 0 Å². The number of piperidine rings is 1. The highest BCUT2D eigenvalue weighted by Gasteiger charge is 2.36. The Kier molecular flexibility index (Phi) is 8.01. The number of ether oxygens (including phenoxy) is 2. The summed E-state index contributed by atoms with van der Waals surface area (Å²) < 4.78 is 11.0. The summed E-state index contributed by atoms with van der Waals surface area (Å²) in [4.78, 5) is 14.1. The third-order valence-electron chi connectivity index (χ3n) is 6.48. The molecule has 0 amide bonds. The highest BCUT2D eigenvalue weighted by Crippen LogP contribution is 2.37. The number of methoxy groups -OCH3 is 1. The fourth-order valence-corrected chi connectivity index (χ4v) is 4.71. The van der Waals surface area contributed by atoms with Crippen LogP contribution in [0.2, 0.25) is 5.02 Å². The Balaban J connectivity index is 1.40. The average Bonchev–Trinajstić information content (AvgIpc) is 2.86. The minimum atomic E-state index is -0.900. The lowest BCUT2D eigenvalue weighted by atomic mass is 9.83. The molecule has 0 radical (unpaired) electrons. The maximum Gasteiger partial charge on any atom is 0.141 e. The van der Waals surface area contributed by atoms with E-state index >= 15 is 0 Å². The Morgan fingerprint density at radius 1 is 1.00 bits per heavy atom. The molecule has 6 heteroatoms. The molecule has 1 aliphatic heterocycles. The number of carbonyl (C=O) groups is 1. The largest absolute Gasteiger partial charge is 0.487 e. The number of benzene rings is 3. The van der Waals surface area contributed by atoms with Gasteiger partial charge in [0.15, 0.2) is 0 Å². The molecule has 3 aromatic carbocycles. The van der Waals surface area contributed by atoms with Crippen LogP contribution in [0, 0.1) is 0 Å². The van der Waals surface area contributed by atoms with Crippen LogP contribution in [0.1, 0.15) is 41.1 Å². The van der Waals surface area contributed by atoms with Gasteiger partial charge in [-0.25, -0.2) is 0 Å². The van der Waals surface area contributed by atoms with Crippen LogP contribution >= 0.6 is 11.6 Å². The van der Waals surface area contributed by atoms with Gasteiger partial charge in [-0.2, -0.15) is 0 Å². The molecule has 1 atom stereocenters. The molecule has 34 heavy (non-hydrogen) atoms. The number of aldehydes is 1. The molecule has 3 aromatic rings. The van der Waals surface area contributed by atoms with E-state index in [0.717, 1.165) is 28.5 Å². The Hall–Kier alpha value is -2.70. The van der Waals surface area contributed by atoms with Gasteiger partial charge in [0.1, 0.15) is 18.6 Å². The summed E-state index contributed by atoms with van der Waals surface area (Å²) >= 11 is 6.49. The highest BCUT2D eigenvalue weighted by molar-refractivity contribution is 6.32. The normalized spacial score (nSPS) is 16.7. The lowest BCUT2D eigenvalue weighted by molar-refractivity contribution is -0.115. The molecule has 1 saturated heterocycles. The van der Waals surface area contributed by atoms with E-state index in [9.17, 15) is 9.90 Å². The van der Waals surface area contributed by atoms with Gasteiger partial charge in [0.25, 0.3) is 0 Å². The SMILES string of the molecule is COCc1ccc(C2(O)CCN(C(C=O)c3ccc(OCc4ccccc4)c(Cl)c3)CC2)cc1. The summed E-state index contributed by atoms with van der Waals surface area (Å²) in [6, 6.07) is 22.9. The second-order valence-corrected chi connectivity index (χ2v) is 9.15. The monoisotopic (exact) mass is 479 g/mol. The molecule has 0 aromatic heterocycles. The van der Waals surface area contributed by atoms with Crippen molar-refractivity contribution in [2.45, 2.75) is 37.7 Å². The van der Waals surface area contributed by atoms with E-state index < -0.39 is 11.6 Å². The molecule has 1 unspecified atom stereocenters. The van der Waals surface area contributed by atoms with Crippen molar-refractivity contribution in [1.82, 2.24) is 4.90 Å². The standard InChI is InChI=1S/C28H30ClNO4/c1-33-19-22-7-10-24(11-8-22)28(32)13-15-30(16-14-28)26(18-31)23-9-12-27(25(29)17-23)34-20-21-5-3-2-4-6-21/h2-12,17-18,26,32H,13-16,19-20H2,1H3. The van der Waals surface area contributed by atoms with Crippen molar-refractivity contribution < 1.29 is 19.4 Å². The molecule has 0 saturated carbocycles. The highest BCUT2D eigenvalue weighted by atomic mass is 35.5.